The van der Waals surface area contributed by atoms with Gasteiger partial charge in [-0.1, -0.05) is 20.8 Å². The van der Waals surface area contributed by atoms with E-state index >= 15 is 0 Å². The van der Waals surface area contributed by atoms with Crippen molar-refractivity contribution < 1.29 is 9.90 Å². The first kappa shape index (κ1) is 11.7. The first-order valence-electron chi connectivity index (χ1n) is 5.66. The largest absolute Gasteiger partial charge is 0.478 e. The van der Waals surface area contributed by atoms with Crippen molar-refractivity contribution in [1.82, 2.24) is 4.98 Å². The summed E-state index contributed by atoms with van der Waals surface area (Å²) in [6, 6.07) is 5.47. The van der Waals surface area contributed by atoms with Crippen molar-refractivity contribution in [3.63, 3.8) is 0 Å². The molecule has 0 fully saturated rings. The lowest BCUT2D eigenvalue weighted by Gasteiger charge is -2.20. The maximum atomic E-state index is 11.1. The van der Waals surface area contributed by atoms with Crippen LogP contribution in [0.2, 0.25) is 0 Å². The zero-order valence-corrected chi connectivity index (χ0v) is 10.6. The fraction of sp³-hybridized carbons (Fsp3) is 0.357. The van der Waals surface area contributed by atoms with Gasteiger partial charge in [0.15, 0.2) is 0 Å². The lowest BCUT2D eigenvalue weighted by atomic mass is 9.84. The number of fused-ring (bicyclic) bond motifs is 1. The smallest absolute Gasteiger partial charge is 0.335 e. The summed E-state index contributed by atoms with van der Waals surface area (Å²) in [7, 11) is 0. The van der Waals surface area contributed by atoms with Crippen LogP contribution >= 0.6 is 0 Å². The summed E-state index contributed by atoms with van der Waals surface area (Å²) in [4.78, 5) is 14.4. The number of carboxylic acid groups (broad SMARTS) is 1. The van der Waals surface area contributed by atoms with E-state index in [4.69, 9.17) is 5.11 Å². The zero-order chi connectivity index (χ0) is 12.8. The van der Waals surface area contributed by atoms with Gasteiger partial charge in [-0.3, -0.25) is 0 Å². The van der Waals surface area contributed by atoms with Gasteiger partial charge in [-0.05, 0) is 36.1 Å². The Morgan fingerprint density at radius 2 is 1.88 bits per heavy atom. The van der Waals surface area contributed by atoms with Gasteiger partial charge in [-0.25, -0.2) is 4.79 Å². The van der Waals surface area contributed by atoms with Gasteiger partial charge in [0.05, 0.1) is 5.56 Å². The van der Waals surface area contributed by atoms with Crippen molar-refractivity contribution in [3.8, 4) is 0 Å². The molecule has 0 saturated heterocycles. The van der Waals surface area contributed by atoms with Crippen molar-refractivity contribution in [2.75, 3.05) is 0 Å². The second-order valence-corrected chi connectivity index (χ2v) is 5.50. The summed E-state index contributed by atoms with van der Waals surface area (Å²) in [6.45, 7) is 8.24. The Bertz CT molecular complexity index is 588. The van der Waals surface area contributed by atoms with E-state index in [1.807, 2.05) is 13.0 Å². The summed E-state index contributed by atoms with van der Waals surface area (Å²) < 4.78 is 0. The first-order valence-corrected chi connectivity index (χ1v) is 5.66. The molecule has 1 heterocycles. The van der Waals surface area contributed by atoms with Crippen LogP contribution in [0.25, 0.3) is 10.9 Å². The van der Waals surface area contributed by atoms with E-state index in [0.29, 0.717) is 5.56 Å². The molecule has 0 unspecified atom stereocenters. The van der Waals surface area contributed by atoms with Crippen molar-refractivity contribution in [3.05, 3.63) is 35.0 Å². The maximum Gasteiger partial charge on any atom is 0.335 e. The molecule has 90 valence electrons. The Balaban J connectivity index is 2.82. The third-order valence-corrected chi connectivity index (χ3v) is 2.92. The highest BCUT2D eigenvalue weighted by Crippen LogP contribution is 2.31. The van der Waals surface area contributed by atoms with Crippen LogP contribution in [0.5, 0.6) is 0 Å². The quantitative estimate of drug-likeness (QED) is 0.789. The van der Waals surface area contributed by atoms with E-state index in [9.17, 15) is 4.79 Å². The third kappa shape index (κ3) is 2.05. The van der Waals surface area contributed by atoms with Gasteiger partial charge < -0.3 is 10.1 Å². The van der Waals surface area contributed by atoms with Crippen LogP contribution in [0, 0.1) is 6.92 Å². The molecule has 2 aromatic rings. The Kier molecular flexibility index (Phi) is 2.49. The summed E-state index contributed by atoms with van der Waals surface area (Å²) in [5.41, 5.74) is 3.40. The summed E-state index contributed by atoms with van der Waals surface area (Å²) in [5.74, 6) is -0.878. The molecular weight excluding hydrogens is 214 g/mol. The van der Waals surface area contributed by atoms with Gasteiger partial charge in [0.25, 0.3) is 0 Å². The molecule has 0 amide bonds. The number of carbonyl (C=O) groups is 1. The van der Waals surface area contributed by atoms with E-state index in [-0.39, 0.29) is 5.41 Å². The van der Waals surface area contributed by atoms with Crippen LogP contribution in [0.15, 0.2) is 18.2 Å². The van der Waals surface area contributed by atoms with Crippen molar-refractivity contribution >= 4 is 16.9 Å². The molecule has 17 heavy (non-hydrogen) atoms. The van der Waals surface area contributed by atoms with E-state index < -0.39 is 5.97 Å². The average Bonchev–Trinajstić information content (AvgIpc) is 2.54. The highest BCUT2D eigenvalue weighted by molar-refractivity contribution is 5.95. The van der Waals surface area contributed by atoms with Gasteiger partial charge >= 0.3 is 5.97 Å². The summed E-state index contributed by atoms with van der Waals surface area (Å²) >= 11 is 0. The molecule has 1 aromatic heterocycles. The highest BCUT2D eigenvalue weighted by atomic mass is 16.4. The minimum absolute atomic E-state index is 0.0823. The molecule has 0 aliphatic carbocycles. The Morgan fingerprint density at radius 1 is 1.24 bits per heavy atom. The molecule has 3 nitrogen and oxygen atoms in total. The van der Waals surface area contributed by atoms with Gasteiger partial charge in [0, 0.05) is 16.6 Å². The van der Waals surface area contributed by atoms with Crippen LogP contribution in [0.3, 0.4) is 0 Å². The minimum Gasteiger partial charge on any atom is -0.478 e. The Hall–Kier alpha value is -1.77. The number of aromatic nitrogens is 1. The molecule has 0 aliphatic heterocycles. The van der Waals surface area contributed by atoms with E-state index in [1.165, 1.54) is 0 Å². The summed E-state index contributed by atoms with van der Waals surface area (Å²) in [6.07, 6.45) is 0. The van der Waals surface area contributed by atoms with Crippen LogP contribution in [-0.2, 0) is 5.41 Å². The molecule has 2 N–H and O–H groups in total. The molecule has 0 spiro atoms. The third-order valence-electron chi connectivity index (χ3n) is 2.92. The van der Waals surface area contributed by atoms with Gasteiger partial charge in [0.1, 0.15) is 0 Å². The monoisotopic (exact) mass is 231 g/mol. The molecule has 0 atom stereocenters. The second kappa shape index (κ2) is 3.62. The fourth-order valence-electron chi connectivity index (χ4n) is 2.10. The van der Waals surface area contributed by atoms with Gasteiger partial charge in [0.2, 0.25) is 0 Å². The number of carboxylic acids is 1. The molecule has 3 heteroatoms. The van der Waals surface area contributed by atoms with E-state index in [0.717, 1.165) is 22.2 Å². The lowest BCUT2D eigenvalue weighted by molar-refractivity contribution is 0.0697. The van der Waals surface area contributed by atoms with E-state index in [1.54, 1.807) is 12.1 Å². The van der Waals surface area contributed by atoms with Crippen LogP contribution in [0.1, 0.15) is 42.4 Å². The number of benzene rings is 1. The number of aromatic carboxylic acids is 1. The SMILES string of the molecule is Cc1cc2cc(C(=O)O)cc(C(C)(C)C)c2[nH]1. The number of aryl methyl sites for hydroxylation is 1. The highest BCUT2D eigenvalue weighted by Gasteiger charge is 2.20. The maximum absolute atomic E-state index is 11.1. The van der Waals surface area contributed by atoms with Crippen molar-refractivity contribution in [2.24, 2.45) is 0 Å². The number of nitrogens with one attached hydrogen (secondary N) is 1. The van der Waals surface area contributed by atoms with Crippen LogP contribution in [-0.4, -0.2) is 16.1 Å². The molecule has 0 bridgehead atoms. The number of aromatic amines is 1. The predicted octanol–water partition coefficient (Wildman–Crippen LogP) is 3.47. The number of hydrogen-bond donors (Lipinski definition) is 2. The topological polar surface area (TPSA) is 53.1 Å². The van der Waals surface area contributed by atoms with Gasteiger partial charge in [-0.15, -0.1) is 0 Å². The molecule has 0 aliphatic rings. The average molecular weight is 231 g/mol. The Morgan fingerprint density at radius 3 is 2.41 bits per heavy atom. The van der Waals surface area contributed by atoms with Crippen LogP contribution in [0.4, 0.5) is 0 Å². The minimum atomic E-state index is -0.878. The Labute approximate surface area is 100 Å². The fourth-order valence-corrected chi connectivity index (χ4v) is 2.10. The molecule has 0 saturated carbocycles. The molecule has 1 aromatic carbocycles. The zero-order valence-electron chi connectivity index (χ0n) is 10.6. The van der Waals surface area contributed by atoms with Crippen molar-refractivity contribution in [2.45, 2.75) is 33.1 Å². The first-order chi connectivity index (χ1) is 7.79. The predicted molar refractivity (Wildman–Crippen MR) is 68.7 cm³/mol. The van der Waals surface area contributed by atoms with E-state index in [2.05, 4.69) is 25.8 Å². The summed E-state index contributed by atoms with van der Waals surface area (Å²) in [5, 5.41) is 10.1. The van der Waals surface area contributed by atoms with Crippen molar-refractivity contribution in [1.29, 1.82) is 0 Å². The van der Waals surface area contributed by atoms with Crippen LogP contribution < -0.4 is 0 Å². The number of hydrogen-bond acceptors (Lipinski definition) is 1. The normalized spacial score (nSPS) is 12.0. The number of H-pyrrole nitrogens is 1. The number of rotatable bonds is 1. The second-order valence-electron chi connectivity index (χ2n) is 5.50. The standard InChI is InChI=1S/C14H17NO2/c1-8-5-9-6-10(13(16)17)7-11(12(9)15-8)14(2,3)4/h5-7,15H,1-4H3,(H,16,17). The molecule has 0 radical (unpaired) electrons. The lowest BCUT2D eigenvalue weighted by Crippen LogP contribution is -2.13. The molecular formula is C14H17NO2. The van der Waals surface area contributed by atoms with Gasteiger partial charge in [-0.2, -0.15) is 0 Å². The molecule has 2 rings (SSSR count).